The van der Waals surface area contributed by atoms with Gasteiger partial charge in [0.05, 0.1) is 19.8 Å². The lowest BCUT2D eigenvalue weighted by molar-refractivity contribution is -0.139. The van der Waals surface area contributed by atoms with E-state index in [1.54, 1.807) is 0 Å². The van der Waals surface area contributed by atoms with E-state index in [0.29, 0.717) is 13.2 Å². The van der Waals surface area contributed by atoms with Gasteiger partial charge in [0.1, 0.15) is 0 Å². The quantitative estimate of drug-likeness (QED) is 0.592. The summed E-state index contributed by atoms with van der Waals surface area (Å²) in [6.45, 7) is 1.36. The third kappa shape index (κ3) is 1.18. The zero-order chi connectivity index (χ0) is 8.44. The highest BCUT2D eigenvalue weighted by atomic mass is 16.7. The van der Waals surface area contributed by atoms with Gasteiger partial charge in [0, 0.05) is 12.0 Å². The third-order valence-electron chi connectivity index (χ3n) is 2.51. The summed E-state index contributed by atoms with van der Waals surface area (Å²) in [6, 6.07) is 0. The van der Waals surface area contributed by atoms with Crippen LogP contribution < -0.4 is 0 Å². The van der Waals surface area contributed by atoms with Crippen molar-refractivity contribution in [2.45, 2.75) is 25.0 Å². The topological polar surface area (TPSA) is 38.7 Å². The smallest absolute Gasteiger partial charge is 0.193 e. The minimum Gasteiger partial charge on any atom is -0.392 e. The Morgan fingerprint density at radius 3 is 2.83 bits per heavy atom. The van der Waals surface area contributed by atoms with Gasteiger partial charge in [-0.05, 0) is 12.8 Å². The van der Waals surface area contributed by atoms with Gasteiger partial charge in [-0.3, -0.25) is 0 Å². The molecule has 0 aromatic rings. The number of allylic oxidation sites excluding steroid dienone is 1. The lowest BCUT2D eigenvalue weighted by atomic mass is 9.93. The van der Waals surface area contributed by atoms with Crippen molar-refractivity contribution in [1.29, 1.82) is 0 Å². The molecule has 0 radical (unpaired) electrons. The van der Waals surface area contributed by atoms with Gasteiger partial charge >= 0.3 is 0 Å². The number of rotatable bonds is 1. The van der Waals surface area contributed by atoms with E-state index in [1.807, 2.05) is 6.08 Å². The van der Waals surface area contributed by atoms with E-state index in [0.717, 1.165) is 24.8 Å². The highest BCUT2D eigenvalue weighted by Gasteiger charge is 2.40. The average molecular weight is 170 g/mol. The van der Waals surface area contributed by atoms with Gasteiger partial charge in [-0.1, -0.05) is 6.08 Å². The molecule has 0 aromatic carbocycles. The first-order valence-electron chi connectivity index (χ1n) is 4.46. The number of aliphatic hydroxyl groups is 1. The molecule has 0 unspecified atom stereocenters. The Bertz CT molecular complexity index is 192. The van der Waals surface area contributed by atoms with Crippen molar-refractivity contribution in [2.75, 3.05) is 19.8 Å². The molecular weight excluding hydrogens is 156 g/mol. The summed E-state index contributed by atoms with van der Waals surface area (Å²) in [6.07, 6.45) is 5.04. The Balaban J connectivity index is 2.20. The lowest BCUT2D eigenvalue weighted by Crippen LogP contribution is -2.36. The van der Waals surface area contributed by atoms with Crippen LogP contribution in [0.3, 0.4) is 0 Å². The van der Waals surface area contributed by atoms with Crippen molar-refractivity contribution in [1.82, 2.24) is 0 Å². The van der Waals surface area contributed by atoms with Crippen LogP contribution in [0.25, 0.3) is 0 Å². The standard InChI is InChI=1S/C9H14O3/c10-7-8-3-1-2-4-9(8)11-5-6-12-9/h3,10H,1-2,4-7H2. The fourth-order valence-electron chi connectivity index (χ4n) is 1.90. The molecule has 0 aromatic heterocycles. The van der Waals surface area contributed by atoms with Crippen molar-refractivity contribution in [3.63, 3.8) is 0 Å². The summed E-state index contributed by atoms with van der Waals surface area (Å²) in [5.41, 5.74) is 0.909. The van der Waals surface area contributed by atoms with Crippen LogP contribution in [0.1, 0.15) is 19.3 Å². The molecule has 1 heterocycles. The molecule has 1 aliphatic carbocycles. The average Bonchev–Trinajstić information content (AvgIpc) is 2.55. The molecule has 0 bridgehead atoms. The minimum absolute atomic E-state index is 0.0556. The van der Waals surface area contributed by atoms with E-state index in [2.05, 4.69) is 0 Å². The maximum atomic E-state index is 9.09. The minimum atomic E-state index is -0.549. The molecular formula is C9H14O3. The van der Waals surface area contributed by atoms with E-state index in [-0.39, 0.29) is 6.61 Å². The van der Waals surface area contributed by atoms with Crippen molar-refractivity contribution >= 4 is 0 Å². The summed E-state index contributed by atoms with van der Waals surface area (Å²) in [5.74, 6) is -0.549. The molecule has 12 heavy (non-hydrogen) atoms. The first kappa shape index (κ1) is 8.23. The number of hydrogen-bond donors (Lipinski definition) is 1. The van der Waals surface area contributed by atoms with Gasteiger partial charge in [0.2, 0.25) is 0 Å². The summed E-state index contributed by atoms with van der Waals surface area (Å²) < 4.78 is 11.1. The molecule has 3 heteroatoms. The molecule has 0 saturated carbocycles. The second-order valence-electron chi connectivity index (χ2n) is 3.23. The highest BCUT2D eigenvalue weighted by molar-refractivity contribution is 5.17. The zero-order valence-corrected chi connectivity index (χ0v) is 7.08. The zero-order valence-electron chi connectivity index (χ0n) is 7.08. The molecule has 1 N–H and O–H groups in total. The van der Waals surface area contributed by atoms with Crippen LogP contribution in [0, 0.1) is 0 Å². The van der Waals surface area contributed by atoms with Gasteiger partial charge < -0.3 is 14.6 Å². The molecule has 2 rings (SSSR count). The van der Waals surface area contributed by atoms with E-state index in [4.69, 9.17) is 14.6 Å². The summed E-state index contributed by atoms with van der Waals surface area (Å²) >= 11 is 0. The van der Waals surface area contributed by atoms with Crippen LogP contribution in [-0.2, 0) is 9.47 Å². The molecule has 1 spiro atoms. The number of ether oxygens (including phenoxy) is 2. The Labute approximate surface area is 72.0 Å². The molecule has 1 fully saturated rings. The SMILES string of the molecule is OCC1=CCCCC12OCCO2. The lowest BCUT2D eigenvalue weighted by Gasteiger charge is -2.32. The highest BCUT2D eigenvalue weighted by Crippen LogP contribution is 2.36. The van der Waals surface area contributed by atoms with Crippen molar-refractivity contribution in [2.24, 2.45) is 0 Å². The van der Waals surface area contributed by atoms with Crippen LogP contribution in [-0.4, -0.2) is 30.7 Å². The monoisotopic (exact) mass is 170 g/mol. The Hall–Kier alpha value is -0.380. The Morgan fingerprint density at radius 1 is 1.42 bits per heavy atom. The predicted octanol–water partition coefficient (Wildman–Crippen LogP) is 0.832. The second-order valence-corrected chi connectivity index (χ2v) is 3.23. The molecule has 0 atom stereocenters. The van der Waals surface area contributed by atoms with Crippen LogP contribution in [0.2, 0.25) is 0 Å². The summed E-state index contributed by atoms with van der Waals surface area (Å²) in [7, 11) is 0. The van der Waals surface area contributed by atoms with E-state index in [1.165, 1.54) is 0 Å². The van der Waals surface area contributed by atoms with Crippen LogP contribution in [0.5, 0.6) is 0 Å². The van der Waals surface area contributed by atoms with Gasteiger partial charge in [-0.15, -0.1) is 0 Å². The van der Waals surface area contributed by atoms with Gasteiger partial charge in [0.25, 0.3) is 0 Å². The molecule has 3 nitrogen and oxygen atoms in total. The first-order chi connectivity index (χ1) is 5.87. The summed E-state index contributed by atoms with van der Waals surface area (Å²) in [4.78, 5) is 0. The molecule has 1 aliphatic heterocycles. The second kappa shape index (κ2) is 3.17. The van der Waals surface area contributed by atoms with E-state index in [9.17, 15) is 0 Å². The van der Waals surface area contributed by atoms with Crippen molar-refractivity contribution < 1.29 is 14.6 Å². The first-order valence-corrected chi connectivity index (χ1v) is 4.46. The predicted molar refractivity (Wildman–Crippen MR) is 43.7 cm³/mol. The van der Waals surface area contributed by atoms with Gasteiger partial charge in [-0.2, -0.15) is 0 Å². The fraction of sp³-hybridized carbons (Fsp3) is 0.778. The van der Waals surface area contributed by atoms with Crippen LogP contribution in [0.4, 0.5) is 0 Å². The van der Waals surface area contributed by atoms with Crippen molar-refractivity contribution in [3.05, 3.63) is 11.6 Å². The Kier molecular flexibility index (Phi) is 2.17. The van der Waals surface area contributed by atoms with Crippen LogP contribution >= 0.6 is 0 Å². The Morgan fingerprint density at radius 2 is 2.17 bits per heavy atom. The van der Waals surface area contributed by atoms with E-state index < -0.39 is 5.79 Å². The van der Waals surface area contributed by atoms with Gasteiger partial charge in [0.15, 0.2) is 5.79 Å². The molecule has 0 amide bonds. The molecule has 68 valence electrons. The summed E-state index contributed by atoms with van der Waals surface area (Å²) in [5, 5.41) is 9.09. The van der Waals surface area contributed by atoms with Gasteiger partial charge in [-0.25, -0.2) is 0 Å². The maximum absolute atomic E-state index is 9.09. The normalized spacial score (nSPS) is 27.6. The molecule has 1 saturated heterocycles. The fourth-order valence-corrected chi connectivity index (χ4v) is 1.90. The molecule has 2 aliphatic rings. The number of hydrogen-bond acceptors (Lipinski definition) is 3. The third-order valence-corrected chi connectivity index (χ3v) is 2.51. The van der Waals surface area contributed by atoms with E-state index >= 15 is 0 Å². The maximum Gasteiger partial charge on any atom is 0.193 e. The van der Waals surface area contributed by atoms with Crippen LogP contribution in [0.15, 0.2) is 11.6 Å². The largest absolute Gasteiger partial charge is 0.392 e. The van der Waals surface area contributed by atoms with Crippen molar-refractivity contribution in [3.8, 4) is 0 Å². The number of aliphatic hydroxyl groups excluding tert-OH is 1.